The summed E-state index contributed by atoms with van der Waals surface area (Å²) in [4.78, 5) is 39.2. The Morgan fingerprint density at radius 3 is 2.61 bits per heavy atom. The van der Waals surface area contributed by atoms with Gasteiger partial charge in [0.15, 0.2) is 0 Å². The number of esters is 1. The molecule has 2 atom stereocenters. The SMILES string of the molecule is CCOC(=O)CNC(=O)CSc1cn(CC(=O)N2CC(C)OC(C)C2)c2ccccc12. The highest BCUT2D eigenvalue weighted by Gasteiger charge is 2.26. The van der Waals surface area contributed by atoms with E-state index in [9.17, 15) is 14.4 Å². The van der Waals surface area contributed by atoms with E-state index in [0.29, 0.717) is 13.1 Å². The van der Waals surface area contributed by atoms with Crippen molar-refractivity contribution in [2.24, 2.45) is 0 Å². The molecule has 1 saturated heterocycles. The molecule has 2 aromatic rings. The molecule has 1 aromatic carbocycles. The summed E-state index contributed by atoms with van der Waals surface area (Å²) in [5, 5.41) is 3.55. The van der Waals surface area contributed by atoms with Crippen LogP contribution in [0.5, 0.6) is 0 Å². The molecule has 0 saturated carbocycles. The topological polar surface area (TPSA) is 89.9 Å². The molecule has 1 aromatic heterocycles. The predicted molar refractivity (Wildman–Crippen MR) is 119 cm³/mol. The van der Waals surface area contributed by atoms with Crippen LogP contribution in [-0.2, 0) is 30.4 Å². The number of nitrogens with one attached hydrogen (secondary N) is 1. The summed E-state index contributed by atoms with van der Waals surface area (Å²) in [6.07, 6.45) is 1.96. The molecular weight excluding hydrogens is 418 g/mol. The second-order valence-electron chi connectivity index (χ2n) is 7.56. The van der Waals surface area contributed by atoms with Crippen LogP contribution in [0.15, 0.2) is 35.4 Å². The van der Waals surface area contributed by atoms with Gasteiger partial charge in [0.1, 0.15) is 13.1 Å². The van der Waals surface area contributed by atoms with Crippen molar-refractivity contribution in [2.75, 3.05) is 32.0 Å². The van der Waals surface area contributed by atoms with E-state index in [0.717, 1.165) is 15.8 Å². The first-order valence-corrected chi connectivity index (χ1v) is 11.4. The largest absolute Gasteiger partial charge is 0.465 e. The van der Waals surface area contributed by atoms with E-state index in [2.05, 4.69) is 5.32 Å². The number of para-hydroxylation sites is 1. The molecule has 1 N–H and O–H groups in total. The maximum absolute atomic E-state index is 12.9. The van der Waals surface area contributed by atoms with E-state index in [1.807, 2.05) is 53.8 Å². The Bertz CT molecular complexity index is 934. The third kappa shape index (κ3) is 6.24. The van der Waals surface area contributed by atoms with Gasteiger partial charge in [-0.2, -0.15) is 0 Å². The molecule has 1 aliphatic heterocycles. The van der Waals surface area contributed by atoms with Crippen molar-refractivity contribution in [2.45, 2.75) is 44.4 Å². The summed E-state index contributed by atoms with van der Waals surface area (Å²) >= 11 is 1.38. The van der Waals surface area contributed by atoms with Gasteiger partial charge < -0.3 is 24.3 Å². The highest BCUT2D eigenvalue weighted by Crippen LogP contribution is 2.30. The van der Waals surface area contributed by atoms with Gasteiger partial charge in [-0.25, -0.2) is 0 Å². The number of carbonyl (C=O) groups is 3. The Morgan fingerprint density at radius 1 is 1.19 bits per heavy atom. The van der Waals surface area contributed by atoms with Gasteiger partial charge in [0.2, 0.25) is 11.8 Å². The van der Waals surface area contributed by atoms with E-state index in [1.165, 1.54) is 11.8 Å². The van der Waals surface area contributed by atoms with Gasteiger partial charge in [-0.15, -0.1) is 11.8 Å². The van der Waals surface area contributed by atoms with Crippen molar-refractivity contribution in [3.8, 4) is 0 Å². The van der Waals surface area contributed by atoms with E-state index in [1.54, 1.807) is 6.92 Å². The van der Waals surface area contributed by atoms with E-state index < -0.39 is 5.97 Å². The molecule has 0 spiro atoms. The number of rotatable bonds is 8. The normalized spacial score (nSPS) is 18.7. The zero-order valence-electron chi connectivity index (χ0n) is 18.1. The molecule has 0 bridgehead atoms. The summed E-state index contributed by atoms with van der Waals surface area (Å²) in [6, 6.07) is 7.82. The Kier molecular flexibility index (Phi) is 7.97. The van der Waals surface area contributed by atoms with Crippen LogP contribution in [0.1, 0.15) is 20.8 Å². The van der Waals surface area contributed by atoms with E-state index in [4.69, 9.17) is 9.47 Å². The molecule has 2 heterocycles. The highest BCUT2D eigenvalue weighted by molar-refractivity contribution is 8.00. The van der Waals surface area contributed by atoms with Crippen LogP contribution in [0.25, 0.3) is 10.9 Å². The fourth-order valence-electron chi connectivity index (χ4n) is 3.66. The predicted octanol–water partition coefficient (Wildman–Crippen LogP) is 2.05. The van der Waals surface area contributed by atoms with Gasteiger partial charge in [0.05, 0.1) is 24.6 Å². The van der Waals surface area contributed by atoms with Gasteiger partial charge >= 0.3 is 5.97 Å². The number of aromatic nitrogens is 1. The Hall–Kier alpha value is -2.52. The molecule has 1 fully saturated rings. The summed E-state index contributed by atoms with van der Waals surface area (Å²) in [5.41, 5.74) is 0.944. The molecule has 0 aliphatic carbocycles. The average Bonchev–Trinajstić information content (AvgIpc) is 3.08. The first-order chi connectivity index (χ1) is 14.9. The average molecular weight is 448 g/mol. The van der Waals surface area contributed by atoms with Gasteiger partial charge in [-0.05, 0) is 26.8 Å². The summed E-state index contributed by atoms with van der Waals surface area (Å²) in [5.74, 6) is -0.490. The molecule has 1 aliphatic rings. The van der Waals surface area contributed by atoms with Crippen molar-refractivity contribution in [3.05, 3.63) is 30.5 Å². The van der Waals surface area contributed by atoms with Gasteiger partial charge in [-0.1, -0.05) is 18.2 Å². The number of morpholine rings is 1. The summed E-state index contributed by atoms with van der Waals surface area (Å²) < 4.78 is 12.5. The van der Waals surface area contributed by atoms with Crippen molar-refractivity contribution in [1.29, 1.82) is 0 Å². The summed E-state index contributed by atoms with van der Waals surface area (Å²) in [7, 11) is 0. The monoisotopic (exact) mass is 447 g/mol. The van der Waals surface area contributed by atoms with Crippen LogP contribution in [0.2, 0.25) is 0 Å². The van der Waals surface area contributed by atoms with Gasteiger partial charge in [0.25, 0.3) is 0 Å². The van der Waals surface area contributed by atoms with Crippen molar-refractivity contribution in [1.82, 2.24) is 14.8 Å². The molecule has 2 amide bonds. The number of hydrogen-bond acceptors (Lipinski definition) is 6. The lowest BCUT2D eigenvalue weighted by atomic mass is 10.2. The quantitative estimate of drug-likeness (QED) is 0.492. The molecule has 31 heavy (non-hydrogen) atoms. The first-order valence-electron chi connectivity index (χ1n) is 10.4. The molecule has 0 radical (unpaired) electrons. The lowest BCUT2D eigenvalue weighted by molar-refractivity contribution is -0.144. The first kappa shape index (κ1) is 23.1. The number of ether oxygens (including phenoxy) is 2. The fraction of sp³-hybridized carbons (Fsp3) is 0.500. The lowest BCUT2D eigenvalue weighted by Crippen LogP contribution is -2.49. The fourth-order valence-corrected chi connectivity index (χ4v) is 4.58. The number of fused-ring (bicyclic) bond motifs is 1. The zero-order valence-corrected chi connectivity index (χ0v) is 18.9. The molecule has 2 unspecified atom stereocenters. The van der Waals surface area contributed by atoms with Crippen molar-refractivity contribution in [3.63, 3.8) is 0 Å². The van der Waals surface area contributed by atoms with E-state index in [-0.39, 0.29) is 49.5 Å². The maximum atomic E-state index is 12.9. The highest BCUT2D eigenvalue weighted by atomic mass is 32.2. The maximum Gasteiger partial charge on any atom is 0.325 e. The molecular formula is C22H29N3O5S. The van der Waals surface area contributed by atoms with Gasteiger partial charge in [0, 0.05) is 35.1 Å². The van der Waals surface area contributed by atoms with Crippen LogP contribution < -0.4 is 5.32 Å². The smallest absolute Gasteiger partial charge is 0.325 e. The van der Waals surface area contributed by atoms with Crippen molar-refractivity contribution < 1.29 is 23.9 Å². The molecule has 168 valence electrons. The van der Waals surface area contributed by atoms with Crippen LogP contribution in [0.4, 0.5) is 0 Å². The zero-order chi connectivity index (χ0) is 22.4. The number of benzene rings is 1. The number of hydrogen-bond donors (Lipinski definition) is 1. The number of thioether (sulfide) groups is 1. The van der Waals surface area contributed by atoms with Crippen LogP contribution in [0, 0.1) is 0 Å². The lowest BCUT2D eigenvalue weighted by Gasteiger charge is -2.35. The van der Waals surface area contributed by atoms with E-state index >= 15 is 0 Å². The van der Waals surface area contributed by atoms with Gasteiger partial charge in [-0.3, -0.25) is 14.4 Å². The minimum Gasteiger partial charge on any atom is -0.465 e. The Morgan fingerprint density at radius 2 is 1.90 bits per heavy atom. The summed E-state index contributed by atoms with van der Waals surface area (Å²) in [6.45, 7) is 7.22. The number of carbonyl (C=O) groups excluding carboxylic acids is 3. The minimum atomic E-state index is -0.456. The second-order valence-corrected chi connectivity index (χ2v) is 8.58. The third-order valence-electron chi connectivity index (χ3n) is 4.92. The molecule has 3 rings (SSSR count). The Balaban J connectivity index is 1.65. The van der Waals surface area contributed by atoms with Crippen LogP contribution >= 0.6 is 11.8 Å². The number of amides is 2. The molecule has 8 nitrogen and oxygen atoms in total. The third-order valence-corrected chi connectivity index (χ3v) is 5.97. The number of nitrogens with zero attached hydrogens (tertiary/aromatic N) is 2. The standard InChI is InChI=1S/C22H29N3O5S/c1-4-29-22(28)9-23-20(26)14-31-19-12-24(18-8-6-5-7-17(18)19)13-21(27)25-10-15(2)30-16(3)11-25/h5-8,12,15-16H,4,9-11,13-14H2,1-3H3,(H,23,26). The molecule has 9 heteroatoms. The van der Waals surface area contributed by atoms with Crippen LogP contribution in [0.3, 0.4) is 0 Å². The van der Waals surface area contributed by atoms with Crippen molar-refractivity contribution >= 4 is 40.4 Å². The minimum absolute atomic E-state index is 0.0216. The Labute approximate surface area is 186 Å². The second kappa shape index (κ2) is 10.7. The van der Waals surface area contributed by atoms with Crippen LogP contribution in [-0.4, -0.2) is 71.5 Å².